The summed E-state index contributed by atoms with van der Waals surface area (Å²) in [6.45, 7) is 7.87. The number of carbonyl (C=O) groups excluding carboxylic acids is 1. The van der Waals surface area contributed by atoms with E-state index in [0.29, 0.717) is 64.6 Å². The van der Waals surface area contributed by atoms with Gasteiger partial charge in [0.25, 0.3) is 11.5 Å². The van der Waals surface area contributed by atoms with E-state index in [2.05, 4.69) is 6.58 Å². The summed E-state index contributed by atoms with van der Waals surface area (Å²) in [6, 6.07) is 8.67. The van der Waals surface area contributed by atoms with Crippen LogP contribution in [-0.2, 0) is 11.8 Å². The van der Waals surface area contributed by atoms with Gasteiger partial charge in [-0.15, -0.1) is 6.58 Å². The Bertz CT molecular complexity index is 1350. The zero-order chi connectivity index (χ0) is 25.3. The predicted molar refractivity (Wildman–Crippen MR) is 142 cm³/mol. The van der Waals surface area contributed by atoms with Gasteiger partial charge in [-0.2, -0.15) is 5.26 Å². The van der Waals surface area contributed by atoms with E-state index >= 15 is 0 Å². The van der Waals surface area contributed by atoms with Crippen molar-refractivity contribution in [2.24, 2.45) is 7.05 Å². The van der Waals surface area contributed by atoms with Crippen LogP contribution < -0.4 is 15.4 Å². The second-order valence-corrected chi connectivity index (χ2v) is 9.90. The molecule has 1 amide bonds. The zero-order valence-electron chi connectivity index (χ0n) is 19.5. The minimum absolute atomic E-state index is 0.0362. The van der Waals surface area contributed by atoms with E-state index in [1.165, 1.54) is 27.3 Å². The molecule has 3 heterocycles. The normalized spacial score (nSPS) is 17.3. The van der Waals surface area contributed by atoms with E-state index in [4.69, 9.17) is 12.2 Å². The van der Waals surface area contributed by atoms with Crippen LogP contribution in [0.15, 0.2) is 46.6 Å². The summed E-state index contributed by atoms with van der Waals surface area (Å²) in [6.07, 6.45) is 3.33. The molecule has 2 saturated heterocycles. The Morgan fingerprint density at radius 1 is 1.20 bits per heavy atom. The molecule has 0 aliphatic carbocycles. The number of nitrogens with zero attached hydrogens (tertiary/aromatic N) is 5. The third kappa shape index (κ3) is 4.49. The summed E-state index contributed by atoms with van der Waals surface area (Å²) < 4.78 is 16.2. The van der Waals surface area contributed by atoms with Crippen molar-refractivity contribution in [2.45, 2.75) is 6.92 Å². The number of thioether (sulfide) groups is 1. The van der Waals surface area contributed by atoms with Gasteiger partial charge in [-0.05, 0) is 30.7 Å². The lowest BCUT2D eigenvalue weighted by Gasteiger charge is -2.38. The first kappa shape index (κ1) is 24.7. The number of anilines is 2. The minimum atomic E-state index is -0.395. The van der Waals surface area contributed by atoms with Gasteiger partial charge < -0.3 is 9.80 Å². The van der Waals surface area contributed by atoms with Gasteiger partial charge in [-0.3, -0.25) is 19.1 Å². The van der Waals surface area contributed by atoms with Gasteiger partial charge in [0.05, 0.1) is 10.6 Å². The van der Waals surface area contributed by atoms with Crippen molar-refractivity contribution in [2.75, 3.05) is 42.5 Å². The molecule has 2 fully saturated rings. The summed E-state index contributed by atoms with van der Waals surface area (Å²) in [4.78, 5) is 31.8. The lowest BCUT2D eigenvalue weighted by atomic mass is 10.0. The number of rotatable bonds is 5. The number of pyridine rings is 1. The fraction of sp³-hybridized carbons (Fsp3) is 0.280. The minimum Gasteiger partial charge on any atom is -0.366 e. The molecule has 35 heavy (non-hydrogen) atoms. The molecule has 0 bridgehead atoms. The summed E-state index contributed by atoms with van der Waals surface area (Å²) >= 11 is 6.54. The van der Waals surface area contributed by atoms with E-state index in [9.17, 15) is 19.2 Å². The molecule has 1 aromatic carbocycles. The number of amides is 1. The van der Waals surface area contributed by atoms with Gasteiger partial charge in [0.15, 0.2) is 0 Å². The van der Waals surface area contributed by atoms with Crippen molar-refractivity contribution < 1.29 is 9.18 Å². The van der Waals surface area contributed by atoms with Crippen LogP contribution in [0, 0.1) is 24.1 Å². The Morgan fingerprint density at radius 3 is 2.49 bits per heavy atom. The highest BCUT2D eigenvalue weighted by Crippen LogP contribution is 2.36. The molecule has 2 aliphatic heterocycles. The first-order chi connectivity index (χ1) is 16.8. The number of hydrogen-bond acceptors (Lipinski definition) is 7. The molecule has 2 aromatic rings. The van der Waals surface area contributed by atoms with Gasteiger partial charge in [0.2, 0.25) is 0 Å². The number of halogens is 1. The number of aromatic nitrogens is 1. The maximum Gasteiger partial charge on any atom is 0.270 e. The van der Waals surface area contributed by atoms with Gasteiger partial charge in [0, 0.05) is 45.3 Å². The molecule has 0 unspecified atom stereocenters. The molecule has 180 valence electrons. The number of piperazine rings is 1. The molecular formula is C25H24FN5O2S2. The molecule has 2 aliphatic rings. The highest BCUT2D eigenvalue weighted by molar-refractivity contribution is 8.26. The van der Waals surface area contributed by atoms with Crippen molar-refractivity contribution in [3.63, 3.8) is 0 Å². The second kappa shape index (κ2) is 10.1. The molecule has 10 heteroatoms. The van der Waals surface area contributed by atoms with Crippen LogP contribution in [0.2, 0.25) is 0 Å². The van der Waals surface area contributed by atoms with E-state index in [1.807, 2.05) is 15.9 Å². The van der Waals surface area contributed by atoms with E-state index < -0.39 is 5.56 Å². The van der Waals surface area contributed by atoms with E-state index in [0.717, 1.165) is 0 Å². The lowest BCUT2D eigenvalue weighted by Crippen LogP contribution is -2.48. The monoisotopic (exact) mass is 509 g/mol. The fourth-order valence-corrected chi connectivity index (χ4v) is 5.64. The summed E-state index contributed by atoms with van der Waals surface area (Å²) in [5.74, 6) is 0.112. The van der Waals surface area contributed by atoms with Crippen LogP contribution >= 0.6 is 24.0 Å². The van der Waals surface area contributed by atoms with Gasteiger partial charge in [0.1, 0.15) is 27.6 Å². The van der Waals surface area contributed by atoms with Crippen LogP contribution in [0.25, 0.3) is 6.08 Å². The van der Waals surface area contributed by atoms with Gasteiger partial charge in [-0.25, -0.2) is 4.39 Å². The Morgan fingerprint density at radius 2 is 1.86 bits per heavy atom. The fourth-order valence-electron chi connectivity index (χ4n) is 4.38. The van der Waals surface area contributed by atoms with Crippen molar-refractivity contribution >= 4 is 51.8 Å². The standard InChI is InChI=1S/C25H24FN5O2S2/c1-4-9-31-24(33)21(35-25(31)34)14-17-16(2)18(15-27)23(32)28(3)22(17)30-12-10-29(11-13-30)20-8-6-5-7-19(20)26/h4-8,14H,1,9-13H2,2-3H3/b21-14-. The molecule has 0 atom stereocenters. The van der Waals surface area contributed by atoms with Crippen molar-refractivity contribution in [1.82, 2.24) is 9.47 Å². The quantitative estimate of drug-likeness (QED) is 0.347. The molecule has 0 saturated carbocycles. The Balaban J connectivity index is 1.74. The number of para-hydroxylation sites is 1. The second-order valence-electron chi connectivity index (χ2n) is 8.22. The predicted octanol–water partition coefficient (Wildman–Crippen LogP) is 3.42. The van der Waals surface area contributed by atoms with Crippen molar-refractivity contribution in [1.29, 1.82) is 5.26 Å². The summed E-state index contributed by atoms with van der Waals surface area (Å²) in [5, 5.41) is 9.65. The average molecular weight is 510 g/mol. The molecule has 4 rings (SSSR count). The lowest BCUT2D eigenvalue weighted by molar-refractivity contribution is -0.121. The van der Waals surface area contributed by atoms with Crippen LogP contribution in [0.3, 0.4) is 0 Å². The number of carbonyl (C=O) groups is 1. The maximum atomic E-state index is 14.3. The van der Waals surface area contributed by atoms with Crippen LogP contribution in [0.5, 0.6) is 0 Å². The van der Waals surface area contributed by atoms with Crippen LogP contribution in [-0.4, -0.2) is 52.4 Å². The first-order valence-electron chi connectivity index (χ1n) is 11.0. The molecular weight excluding hydrogens is 485 g/mol. The Labute approximate surface area is 212 Å². The summed E-state index contributed by atoms with van der Waals surface area (Å²) in [5.41, 5.74) is 1.32. The Hall–Kier alpha value is -3.42. The van der Waals surface area contributed by atoms with E-state index in [1.54, 1.807) is 44.3 Å². The van der Waals surface area contributed by atoms with Crippen LogP contribution in [0.4, 0.5) is 15.9 Å². The highest BCUT2D eigenvalue weighted by Gasteiger charge is 2.33. The largest absolute Gasteiger partial charge is 0.366 e. The Kier molecular flexibility index (Phi) is 7.10. The third-order valence-electron chi connectivity index (χ3n) is 6.20. The number of benzene rings is 1. The van der Waals surface area contributed by atoms with Gasteiger partial charge in [-0.1, -0.05) is 42.2 Å². The number of nitriles is 1. The summed E-state index contributed by atoms with van der Waals surface area (Å²) in [7, 11) is 1.63. The maximum absolute atomic E-state index is 14.3. The third-order valence-corrected chi connectivity index (χ3v) is 7.58. The highest BCUT2D eigenvalue weighted by atomic mass is 32.2. The number of thiocarbonyl (C=S) groups is 1. The number of hydrogen-bond donors (Lipinski definition) is 0. The SMILES string of the molecule is C=CCN1C(=O)/C(=C/c2c(C)c(C#N)c(=O)n(C)c2N2CCN(c3ccccc3F)CC2)SC1=S. The van der Waals surface area contributed by atoms with Crippen molar-refractivity contribution in [3.05, 3.63) is 74.7 Å². The van der Waals surface area contributed by atoms with Crippen LogP contribution in [0.1, 0.15) is 16.7 Å². The first-order valence-corrected chi connectivity index (χ1v) is 12.2. The van der Waals surface area contributed by atoms with Gasteiger partial charge >= 0.3 is 0 Å². The smallest absolute Gasteiger partial charge is 0.270 e. The molecule has 7 nitrogen and oxygen atoms in total. The molecule has 0 N–H and O–H groups in total. The van der Waals surface area contributed by atoms with Crippen molar-refractivity contribution in [3.8, 4) is 6.07 Å². The molecule has 1 aromatic heterocycles. The van der Waals surface area contributed by atoms with E-state index in [-0.39, 0.29) is 17.3 Å². The molecule has 0 radical (unpaired) electrons. The molecule has 0 spiro atoms. The topological polar surface area (TPSA) is 72.6 Å². The zero-order valence-corrected chi connectivity index (χ0v) is 21.1. The average Bonchev–Trinajstić information content (AvgIpc) is 3.11.